The van der Waals surface area contributed by atoms with Crippen molar-refractivity contribution in [2.24, 2.45) is 11.8 Å². The molecule has 5 nitrogen and oxygen atoms in total. The highest BCUT2D eigenvalue weighted by Gasteiger charge is 2.34. The van der Waals surface area contributed by atoms with E-state index in [1.54, 1.807) is 0 Å². The summed E-state index contributed by atoms with van der Waals surface area (Å²) in [6.45, 7) is 10.3. The van der Waals surface area contributed by atoms with Gasteiger partial charge in [-0.1, -0.05) is 26.7 Å². The van der Waals surface area contributed by atoms with Gasteiger partial charge in [0, 0.05) is 25.7 Å². The highest BCUT2D eigenvalue weighted by Crippen LogP contribution is 2.24. The number of carboxylic acids is 1. The molecule has 2 atom stereocenters. The fraction of sp³-hybridized carbons (Fsp3) is 0.875. The van der Waals surface area contributed by atoms with Crippen LogP contribution in [0.15, 0.2) is 0 Å². The summed E-state index contributed by atoms with van der Waals surface area (Å²) in [6.07, 6.45) is 3.28. The molecule has 2 amide bonds. The second kappa shape index (κ2) is 8.25. The lowest BCUT2D eigenvalue weighted by atomic mass is 9.92. The molecule has 1 fully saturated rings. The number of carbonyl (C=O) groups is 2. The molecule has 1 rings (SSSR count). The van der Waals surface area contributed by atoms with E-state index in [1.165, 1.54) is 0 Å². The Balaban J connectivity index is 2.66. The molecule has 0 saturated carbocycles. The highest BCUT2D eigenvalue weighted by atomic mass is 16.4. The fourth-order valence-electron chi connectivity index (χ4n) is 3.06. The summed E-state index contributed by atoms with van der Waals surface area (Å²) in [6, 6.07) is 0.0730. The second-order valence-electron chi connectivity index (χ2n) is 6.11. The Kier molecular flexibility index (Phi) is 6.99. The maximum Gasteiger partial charge on any atom is 0.320 e. The first-order valence-electron chi connectivity index (χ1n) is 8.22. The van der Waals surface area contributed by atoms with Crippen LogP contribution in [0, 0.1) is 11.8 Å². The monoisotopic (exact) mass is 298 g/mol. The average molecular weight is 298 g/mol. The Morgan fingerprint density at radius 1 is 1.29 bits per heavy atom. The van der Waals surface area contributed by atoms with E-state index in [-0.39, 0.29) is 18.0 Å². The predicted octanol–water partition coefficient (Wildman–Crippen LogP) is 3.05. The van der Waals surface area contributed by atoms with Crippen LogP contribution in [0.1, 0.15) is 53.4 Å². The van der Waals surface area contributed by atoms with Gasteiger partial charge in [-0.25, -0.2) is 4.79 Å². The van der Waals surface area contributed by atoms with Gasteiger partial charge in [-0.3, -0.25) is 4.79 Å². The van der Waals surface area contributed by atoms with E-state index in [4.69, 9.17) is 5.11 Å². The summed E-state index contributed by atoms with van der Waals surface area (Å²) in [4.78, 5) is 27.5. The lowest BCUT2D eigenvalue weighted by Crippen LogP contribution is -2.52. The number of amides is 2. The molecule has 0 radical (unpaired) electrons. The number of hydrogen-bond acceptors (Lipinski definition) is 2. The number of aliphatic carboxylic acids is 1. The minimum atomic E-state index is -0.738. The first-order valence-corrected chi connectivity index (χ1v) is 8.22. The first-order chi connectivity index (χ1) is 9.94. The highest BCUT2D eigenvalue weighted by molar-refractivity contribution is 5.76. The Morgan fingerprint density at radius 3 is 2.33 bits per heavy atom. The largest absolute Gasteiger partial charge is 0.481 e. The number of likely N-dealkylation sites (tertiary alicyclic amines) is 1. The van der Waals surface area contributed by atoms with Gasteiger partial charge in [-0.05, 0) is 32.6 Å². The van der Waals surface area contributed by atoms with Crippen LogP contribution in [-0.4, -0.2) is 52.6 Å². The number of nitrogens with zero attached hydrogens (tertiary/aromatic N) is 2. The van der Waals surface area contributed by atoms with Gasteiger partial charge in [0.05, 0.1) is 5.92 Å². The number of rotatable bonds is 6. The Labute approximate surface area is 128 Å². The summed E-state index contributed by atoms with van der Waals surface area (Å²) in [5.74, 6) is -0.503. The van der Waals surface area contributed by atoms with Gasteiger partial charge >= 0.3 is 12.0 Å². The number of carbonyl (C=O) groups excluding carboxylic acids is 1. The molecule has 0 bridgehead atoms. The Morgan fingerprint density at radius 2 is 1.90 bits per heavy atom. The minimum Gasteiger partial charge on any atom is -0.481 e. The maximum absolute atomic E-state index is 12.7. The topological polar surface area (TPSA) is 60.9 Å². The number of hydrogen-bond donors (Lipinski definition) is 1. The third kappa shape index (κ3) is 4.61. The van der Waals surface area contributed by atoms with Gasteiger partial charge < -0.3 is 14.9 Å². The molecule has 0 spiro atoms. The van der Waals surface area contributed by atoms with E-state index in [0.717, 1.165) is 19.4 Å². The van der Waals surface area contributed by atoms with E-state index in [9.17, 15) is 9.59 Å². The van der Waals surface area contributed by atoms with Gasteiger partial charge in [0.25, 0.3) is 0 Å². The molecule has 0 aromatic rings. The second-order valence-corrected chi connectivity index (χ2v) is 6.11. The molecule has 1 saturated heterocycles. The fourth-order valence-corrected chi connectivity index (χ4v) is 3.06. The Bertz CT molecular complexity index is 355. The van der Waals surface area contributed by atoms with Crippen molar-refractivity contribution in [3.63, 3.8) is 0 Å². The first kappa shape index (κ1) is 17.8. The summed E-state index contributed by atoms with van der Waals surface area (Å²) in [7, 11) is 0. The molecule has 0 aliphatic carbocycles. The molecule has 1 aliphatic rings. The molecular weight excluding hydrogens is 268 g/mol. The third-order valence-electron chi connectivity index (χ3n) is 4.76. The van der Waals surface area contributed by atoms with Crippen LogP contribution in [0.25, 0.3) is 0 Å². The van der Waals surface area contributed by atoms with Crippen LogP contribution in [0.5, 0.6) is 0 Å². The summed E-state index contributed by atoms with van der Waals surface area (Å²) in [5, 5.41) is 9.11. The normalized spacial score (nSPS) is 22.4. The molecule has 1 heterocycles. The predicted molar refractivity (Wildman–Crippen MR) is 83.2 cm³/mol. The van der Waals surface area contributed by atoms with Crippen LogP contribution in [0.2, 0.25) is 0 Å². The average Bonchev–Trinajstić information content (AvgIpc) is 2.47. The van der Waals surface area contributed by atoms with Gasteiger partial charge in [-0.15, -0.1) is 0 Å². The lowest BCUT2D eigenvalue weighted by Gasteiger charge is -2.39. The molecule has 1 aliphatic heterocycles. The maximum atomic E-state index is 12.7. The zero-order chi connectivity index (χ0) is 16.0. The zero-order valence-electron chi connectivity index (χ0n) is 13.8. The Hall–Kier alpha value is -1.26. The van der Waals surface area contributed by atoms with Crippen molar-refractivity contribution >= 4 is 12.0 Å². The molecule has 5 heteroatoms. The standard InChI is InChI=1S/C16H30N2O3/c1-5-13(6-2)11-17(7-3)16(21)18-9-8-14(15(19)20)10-12(18)4/h12-14H,5-11H2,1-4H3,(H,19,20). The minimum absolute atomic E-state index is 0.00287. The lowest BCUT2D eigenvalue weighted by molar-refractivity contribution is -0.143. The van der Waals surface area contributed by atoms with Crippen LogP contribution in [0.4, 0.5) is 4.79 Å². The van der Waals surface area contributed by atoms with E-state index in [0.29, 0.717) is 31.8 Å². The molecule has 1 N–H and O–H groups in total. The van der Waals surface area contributed by atoms with Crippen molar-refractivity contribution in [1.29, 1.82) is 0 Å². The molecule has 2 unspecified atom stereocenters. The number of urea groups is 1. The molecule has 0 aromatic carbocycles. The van der Waals surface area contributed by atoms with Gasteiger partial charge in [0.1, 0.15) is 0 Å². The molecule has 122 valence electrons. The van der Waals surface area contributed by atoms with Crippen molar-refractivity contribution < 1.29 is 14.7 Å². The van der Waals surface area contributed by atoms with E-state index >= 15 is 0 Å². The van der Waals surface area contributed by atoms with Crippen LogP contribution >= 0.6 is 0 Å². The smallest absolute Gasteiger partial charge is 0.320 e. The summed E-state index contributed by atoms with van der Waals surface area (Å²) >= 11 is 0. The van der Waals surface area contributed by atoms with Crippen molar-refractivity contribution in [1.82, 2.24) is 9.80 Å². The molecular formula is C16H30N2O3. The van der Waals surface area contributed by atoms with Crippen LogP contribution in [0.3, 0.4) is 0 Å². The van der Waals surface area contributed by atoms with Crippen molar-refractivity contribution in [2.45, 2.75) is 59.4 Å². The van der Waals surface area contributed by atoms with Gasteiger partial charge in [0.2, 0.25) is 0 Å². The van der Waals surface area contributed by atoms with Crippen molar-refractivity contribution in [3.05, 3.63) is 0 Å². The van der Waals surface area contributed by atoms with E-state index < -0.39 is 5.97 Å². The van der Waals surface area contributed by atoms with Crippen molar-refractivity contribution in [3.8, 4) is 0 Å². The molecule has 21 heavy (non-hydrogen) atoms. The zero-order valence-corrected chi connectivity index (χ0v) is 13.8. The van der Waals surface area contributed by atoms with Gasteiger partial charge in [-0.2, -0.15) is 0 Å². The van der Waals surface area contributed by atoms with Crippen molar-refractivity contribution in [2.75, 3.05) is 19.6 Å². The third-order valence-corrected chi connectivity index (χ3v) is 4.76. The summed E-state index contributed by atoms with van der Waals surface area (Å²) < 4.78 is 0. The number of carboxylic acid groups (broad SMARTS) is 1. The van der Waals surface area contributed by atoms with Gasteiger partial charge in [0.15, 0.2) is 0 Å². The number of piperidine rings is 1. The van der Waals surface area contributed by atoms with Crippen LogP contribution < -0.4 is 0 Å². The molecule has 0 aromatic heterocycles. The van der Waals surface area contributed by atoms with E-state index in [2.05, 4.69) is 13.8 Å². The van der Waals surface area contributed by atoms with E-state index in [1.807, 2.05) is 23.6 Å². The quantitative estimate of drug-likeness (QED) is 0.820. The van der Waals surface area contributed by atoms with Crippen LogP contribution in [-0.2, 0) is 4.79 Å². The SMILES string of the molecule is CCC(CC)CN(CC)C(=O)N1CCC(C(=O)O)CC1C. The summed E-state index contributed by atoms with van der Waals surface area (Å²) in [5.41, 5.74) is 0.